The maximum absolute atomic E-state index is 2.49. The first kappa shape index (κ1) is 37.3. The molecule has 294 valence electrons. The molecule has 0 aromatic heterocycles. The number of nitrogens with zero attached hydrogens (tertiary/aromatic N) is 1. The number of para-hydroxylation sites is 2. The first-order valence-electron chi connectivity index (χ1n) is 21.6. The molecule has 11 rings (SSSR count). The smallest absolute Gasteiger partial charge is 0.0540 e. The van der Waals surface area contributed by atoms with Crippen LogP contribution in [0.25, 0.3) is 77.5 Å². The van der Waals surface area contributed by atoms with Crippen LogP contribution in [0.15, 0.2) is 237 Å². The molecule has 1 nitrogen and oxygen atoms in total. The van der Waals surface area contributed by atoms with Crippen LogP contribution in [0.3, 0.4) is 0 Å². The van der Waals surface area contributed by atoms with Crippen molar-refractivity contribution in [1.29, 1.82) is 0 Å². The van der Waals surface area contributed by atoms with E-state index in [-0.39, 0.29) is 5.41 Å². The molecule has 0 unspecified atom stereocenters. The molecular formula is C61H45N. The highest BCUT2D eigenvalue weighted by atomic mass is 15.1. The van der Waals surface area contributed by atoms with Gasteiger partial charge in [0.05, 0.1) is 11.4 Å². The summed E-state index contributed by atoms with van der Waals surface area (Å²) >= 11 is 0. The molecule has 0 heterocycles. The molecule has 10 aromatic rings. The predicted molar refractivity (Wildman–Crippen MR) is 263 cm³/mol. The molecule has 0 spiro atoms. The molecule has 1 aliphatic rings. The molecule has 0 saturated heterocycles. The van der Waals surface area contributed by atoms with Crippen LogP contribution in [0.5, 0.6) is 0 Å². The van der Waals surface area contributed by atoms with E-state index in [4.69, 9.17) is 0 Å². The van der Waals surface area contributed by atoms with Crippen molar-refractivity contribution in [2.75, 3.05) is 4.90 Å². The second kappa shape index (κ2) is 15.4. The van der Waals surface area contributed by atoms with Crippen molar-refractivity contribution in [2.45, 2.75) is 19.3 Å². The lowest BCUT2D eigenvalue weighted by atomic mass is 9.82. The molecule has 0 amide bonds. The van der Waals surface area contributed by atoms with E-state index in [1.165, 1.54) is 77.5 Å². The number of hydrogen-bond acceptors (Lipinski definition) is 1. The van der Waals surface area contributed by atoms with E-state index in [1.807, 2.05) is 0 Å². The van der Waals surface area contributed by atoms with Crippen molar-refractivity contribution in [3.05, 3.63) is 248 Å². The van der Waals surface area contributed by atoms with Gasteiger partial charge in [0.2, 0.25) is 0 Å². The monoisotopic (exact) mass is 791 g/mol. The van der Waals surface area contributed by atoms with E-state index >= 15 is 0 Å². The van der Waals surface area contributed by atoms with Crippen LogP contribution in [0, 0.1) is 0 Å². The van der Waals surface area contributed by atoms with Crippen LogP contribution in [-0.4, -0.2) is 0 Å². The molecule has 10 aromatic carbocycles. The van der Waals surface area contributed by atoms with Crippen LogP contribution in [0.4, 0.5) is 17.1 Å². The molecule has 1 aliphatic carbocycles. The van der Waals surface area contributed by atoms with E-state index in [0.29, 0.717) is 0 Å². The van der Waals surface area contributed by atoms with E-state index in [1.54, 1.807) is 0 Å². The molecule has 1 heteroatoms. The maximum Gasteiger partial charge on any atom is 0.0540 e. The minimum absolute atomic E-state index is 0.0899. The zero-order chi connectivity index (χ0) is 41.6. The van der Waals surface area contributed by atoms with Gasteiger partial charge in [-0.1, -0.05) is 226 Å². The number of benzene rings is 10. The third-order valence-corrected chi connectivity index (χ3v) is 12.9. The Morgan fingerprint density at radius 2 is 0.726 bits per heavy atom. The average Bonchev–Trinajstić information content (AvgIpc) is 3.57. The highest BCUT2D eigenvalue weighted by molar-refractivity contribution is 6.07. The summed E-state index contributed by atoms with van der Waals surface area (Å²) in [5.41, 5.74) is 20.6. The van der Waals surface area contributed by atoms with Gasteiger partial charge < -0.3 is 4.90 Å². The fourth-order valence-electron chi connectivity index (χ4n) is 9.92. The lowest BCUT2D eigenvalue weighted by Gasteiger charge is -2.31. The third-order valence-electron chi connectivity index (χ3n) is 12.9. The zero-order valence-corrected chi connectivity index (χ0v) is 35.0. The summed E-state index contributed by atoms with van der Waals surface area (Å²) in [5, 5.41) is 2.51. The fourth-order valence-corrected chi connectivity index (χ4v) is 9.92. The molecule has 62 heavy (non-hydrogen) atoms. The van der Waals surface area contributed by atoms with Crippen molar-refractivity contribution in [3.8, 4) is 66.8 Å². The third kappa shape index (κ3) is 6.33. The SMILES string of the molecule is CC1(C)c2ccccc2-c2cc(N(c3ccccc3-c3ccc(-c4cccc5cccc(-c6ccccc6)c45)cc3)c3ccccc3-c3ccccc3-c3ccccc3)ccc21. The lowest BCUT2D eigenvalue weighted by molar-refractivity contribution is 0.660. The fraction of sp³-hybridized carbons (Fsp3) is 0.0492. The molecule has 0 aliphatic heterocycles. The average molecular weight is 792 g/mol. The Hall–Kier alpha value is -7.74. The molecule has 0 saturated carbocycles. The molecule has 0 fully saturated rings. The normalized spacial score (nSPS) is 12.5. The van der Waals surface area contributed by atoms with Gasteiger partial charge in [-0.2, -0.15) is 0 Å². The van der Waals surface area contributed by atoms with Gasteiger partial charge in [-0.05, 0) is 102 Å². The molecule has 0 bridgehead atoms. The van der Waals surface area contributed by atoms with Gasteiger partial charge in [-0.25, -0.2) is 0 Å². The second-order valence-corrected chi connectivity index (χ2v) is 16.8. The van der Waals surface area contributed by atoms with E-state index in [2.05, 4.69) is 255 Å². The van der Waals surface area contributed by atoms with Gasteiger partial charge >= 0.3 is 0 Å². The van der Waals surface area contributed by atoms with Crippen molar-refractivity contribution in [2.24, 2.45) is 0 Å². The highest BCUT2D eigenvalue weighted by Gasteiger charge is 2.36. The first-order valence-corrected chi connectivity index (χ1v) is 21.6. The Morgan fingerprint density at radius 3 is 1.37 bits per heavy atom. The summed E-state index contributed by atoms with van der Waals surface area (Å²) in [6.45, 7) is 4.70. The predicted octanol–water partition coefficient (Wildman–Crippen LogP) is 17.0. The van der Waals surface area contributed by atoms with Crippen molar-refractivity contribution in [3.63, 3.8) is 0 Å². The van der Waals surface area contributed by atoms with Crippen molar-refractivity contribution in [1.82, 2.24) is 0 Å². The lowest BCUT2D eigenvalue weighted by Crippen LogP contribution is -2.16. The number of rotatable bonds is 8. The summed E-state index contributed by atoms with van der Waals surface area (Å²) in [6.07, 6.45) is 0. The maximum atomic E-state index is 2.49. The van der Waals surface area contributed by atoms with Crippen molar-refractivity contribution < 1.29 is 0 Å². The second-order valence-electron chi connectivity index (χ2n) is 16.8. The van der Waals surface area contributed by atoms with Crippen molar-refractivity contribution >= 4 is 27.8 Å². The summed E-state index contributed by atoms with van der Waals surface area (Å²) < 4.78 is 0. The van der Waals surface area contributed by atoms with Gasteiger partial charge in [0.15, 0.2) is 0 Å². The number of anilines is 3. The number of fused-ring (bicyclic) bond motifs is 4. The summed E-state index contributed by atoms with van der Waals surface area (Å²) in [7, 11) is 0. The Bertz CT molecular complexity index is 3240. The van der Waals surface area contributed by atoms with Crippen LogP contribution in [-0.2, 0) is 5.41 Å². The molecule has 0 atom stereocenters. The summed E-state index contributed by atoms with van der Waals surface area (Å²) in [5.74, 6) is 0. The van der Waals surface area contributed by atoms with Gasteiger partial charge in [-0.15, -0.1) is 0 Å². The van der Waals surface area contributed by atoms with E-state index in [0.717, 1.165) is 28.2 Å². The topological polar surface area (TPSA) is 3.24 Å². The number of hydrogen-bond donors (Lipinski definition) is 0. The van der Waals surface area contributed by atoms with Gasteiger partial charge in [-0.3, -0.25) is 0 Å². The van der Waals surface area contributed by atoms with Crippen LogP contribution in [0.2, 0.25) is 0 Å². The summed E-state index contributed by atoms with van der Waals surface area (Å²) in [4.78, 5) is 2.49. The van der Waals surface area contributed by atoms with Crippen LogP contribution in [0.1, 0.15) is 25.0 Å². The van der Waals surface area contributed by atoms with E-state index in [9.17, 15) is 0 Å². The van der Waals surface area contributed by atoms with Gasteiger partial charge in [0, 0.05) is 22.2 Å². The van der Waals surface area contributed by atoms with Gasteiger partial charge in [0.1, 0.15) is 0 Å². The Labute approximate surface area is 364 Å². The minimum Gasteiger partial charge on any atom is -0.309 e. The molecular weight excluding hydrogens is 747 g/mol. The van der Waals surface area contributed by atoms with E-state index < -0.39 is 0 Å². The largest absolute Gasteiger partial charge is 0.309 e. The minimum atomic E-state index is -0.0899. The first-order chi connectivity index (χ1) is 30.5. The Kier molecular flexibility index (Phi) is 9.24. The standard InChI is InChI=1S/C61H45N/c1-61(2)56-32-14-11-28-53(56)55-41-47(39-40-57(55)61)62(59-34-16-13-29-54(59)52-27-10-9-25-48(52)42-19-5-3-6-20-42)58-33-15-12-26-49(58)44-35-37-45(38-36-44)51-31-18-24-46-23-17-30-50(60(46)51)43-21-7-4-8-22-43/h3-41H,1-2H3. The van der Waals surface area contributed by atoms with Crippen LogP contribution >= 0.6 is 0 Å². The Balaban J connectivity index is 1.09. The quantitative estimate of drug-likeness (QED) is 0.148. The Morgan fingerprint density at radius 1 is 0.290 bits per heavy atom. The van der Waals surface area contributed by atoms with Crippen LogP contribution < -0.4 is 4.90 Å². The summed E-state index contributed by atoms with van der Waals surface area (Å²) in [6, 6.07) is 86.6. The highest BCUT2D eigenvalue weighted by Crippen LogP contribution is 2.52. The molecule has 0 radical (unpaired) electrons. The molecule has 0 N–H and O–H groups in total. The zero-order valence-electron chi connectivity index (χ0n) is 35.0. The van der Waals surface area contributed by atoms with Gasteiger partial charge in [0.25, 0.3) is 0 Å².